The number of sulfonamides is 1. The Morgan fingerprint density at radius 2 is 1.89 bits per heavy atom. The molecule has 3 aromatic rings. The van der Waals surface area contributed by atoms with Gasteiger partial charge in [-0.25, -0.2) is 8.42 Å². The number of amides is 1. The molecule has 7 nitrogen and oxygen atoms in total. The van der Waals surface area contributed by atoms with Gasteiger partial charge in [0.1, 0.15) is 10.6 Å². The minimum atomic E-state index is -3.81. The molecule has 0 bridgehead atoms. The first-order valence-corrected chi connectivity index (χ1v) is 9.57. The molecule has 0 unspecified atom stereocenters. The lowest BCUT2D eigenvalue weighted by Crippen LogP contribution is -2.15. The zero-order chi connectivity index (χ0) is 19.0. The molecule has 0 atom stereocenters. The number of nitrogens with one attached hydrogen (secondary N) is 2. The van der Waals surface area contributed by atoms with Crippen molar-refractivity contribution in [1.82, 2.24) is 4.98 Å². The number of hydrogen-bond donors (Lipinski definition) is 2. The Kier molecular flexibility index (Phi) is 4.04. The predicted octanol–water partition coefficient (Wildman–Crippen LogP) is 3.55. The van der Waals surface area contributed by atoms with Crippen LogP contribution in [0.25, 0.3) is 0 Å². The van der Waals surface area contributed by atoms with Gasteiger partial charge in [-0.15, -0.1) is 0 Å². The number of rotatable bonds is 3. The number of benzene rings is 2. The van der Waals surface area contributed by atoms with Gasteiger partial charge in [-0.1, -0.05) is 6.07 Å². The van der Waals surface area contributed by atoms with E-state index in [0.29, 0.717) is 17.2 Å². The van der Waals surface area contributed by atoms with Crippen LogP contribution in [0, 0.1) is 6.92 Å². The molecule has 4 rings (SSSR count). The van der Waals surface area contributed by atoms with E-state index >= 15 is 0 Å². The number of ether oxygens (including phenoxy) is 1. The summed E-state index contributed by atoms with van der Waals surface area (Å²) in [6.45, 7) is 1.91. The van der Waals surface area contributed by atoms with Crippen molar-refractivity contribution >= 4 is 27.3 Å². The Bertz CT molecular complexity index is 1140. The van der Waals surface area contributed by atoms with Crippen molar-refractivity contribution in [3.05, 3.63) is 72.1 Å². The summed E-state index contributed by atoms with van der Waals surface area (Å²) >= 11 is 0. The van der Waals surface area contributed by atoms with E-state index in [4.69, 9.17) is 4.74 Å². The van der Waals surface area contributed by atoms with Crippen LogP contribution in [0.5, 0.6) is 11.5 Å². The Labute approximate surface area is 156 Å². The van der Waals surface area contributed by atoms with Crippen LogP contribution in [-0.4, -0.2) is 19.3 Å². The first-order valence-electron chi connectivity index (χ1n) is 8.09. The summed E-state index contributed by atoms with van der Waals surface area (Å²) < 4.78 is 33.2. The second-order valence-electron chi connectivity index (χ2n) is 6.06. The Balaban J connectivity index is 1.68. The van der Waals surface area contributed by atoms with Crippen molar-refractivity contribution < 1.29 is 17.9 Å². The van der Waals surface area contributed by atoms with Gasteiger partial charge in [0.15, 0.2) is 5.75 Å². The van der Waals surface area contributed by atoms with E-state index < -0.39 is 10.0 Å². The highest BCUT2D eigenvalue weighted by molar-refractivity contribution is 7.92. The molecule has 0 spiro atoms. The minimum absolute atomic E-state index is 0.0310. The fraction of sp³-hybridized carbons (Fsp3) is 0.0526. The number of carbonyl (C=O) groups is 1. The highest BCUT2D eigenvalue weighted by Gasteiger charge is 2.22. The molecule has 8 heteroatoms. The number of hydrogen-bond acceptors (Lipinski definition) is 5. The smallest absolute Gasteiger partial charge is 0.263 e. The van der Waals surface area contributed by atoms with E-state index in [1.54, 1.807) is 18.2 Å². The molecule has 2 heterocycles. The standard InChI is InChI=1S/C19H15N3O4S/c1-12-4-6-18-16(9-12)21-19(23)15-10-13(5-7-17(15)26-18)22-27(24,25)14-3-2-8-20-11-14/h2-11,22H,1H3,(H,21,23). The molecule has 0 fully saturated rings. The van der Waals surface area contributed by atoms with Crippen LogP contribution in [0.15, 0.2) is 65.8 Å². The van der Waals surface area contributed by atoms with Crippen LogP contribution in [0.3, 0.4) is 0 Å². The van der Waals surface area contributed by atoms with Gasteiger partial charge in [-0.05, 0) is 55.0 Å². The lowest BCUT2D eigenvalue weighted by atomic mass is 10.1. The number of nitrogens with zero attached hydrogens (tertiary/aromatic N) is 1. The Morgan fingerprint density at radius 1 is 1.07 bits per heavy atom. The van der Waals surface area contributed by atoms with Crippen molar-refractivity contribution in [2.75, 3.05) is 10.0 Å². The Morgan fingerprint density at radius 3 is 2.67 bits per heavy atom. The average molecular weight is 381 g/mol. The summed E-state index contributed by atoms with van der Waals surface area (Å²) in [5, 5.41) is 2.79. The van der Waals surface area contributed by atoms with Crippen LogP contribution < -0.4 is 14.8 Å². The second-order valence-corrected chi connectivity index (χ2v) is 7.74. The van der Waals surface area contributed by atoms with Crippen molar-refractivity contribution in [1.29, 1.82) is 0 Å². The van der Waals surface area contributed by atoms with Crippen LogP contribution in [-0.2, 0) is 10.0 Å². The summed E-state index contributed by atoms with van der Waals surface area (Å²) in [5.74, 6) is 0.493. The predicted molar refractivity (Wildman–Crippen MR) is 101 cm³/mol. The van der Waals surface area contributed by atoms with Gasteiger partial charge in [0.2, 0.25) is 0 Å². The quantitative estimate of drug-likeness (QED) is 0.723. The highest BCUT2D eigenvalue weighted by Crippen LogP contribution is 2.37. The lowest BCUT2D eigenvalue weighted by Gasteiger charge is -2.11. The first kappa shape index (κ1) is 17.0. The van der Waals surface area contributed by atoms with Gasteiger partial charge in [-0.2, -0.15) is 0 Å². The molecule has 136 valence electrons. The van der Waals surface area contributed by atoms with Gasteiger partial charge in [-0.3, -0.25) is 14.5 Å². The fourth-order valence-electron chi connectivity index (χ4n) is 2.72. The molecule has 1 aliphatic heterocycles. The Hall–Kier alpha value is -3.39. The van der Waals surface area contributed by atoms with Crippen LogP contribution in [0.1, 0.15) is 15.9 Å². The minimum Gasteiger partial charge on any atom is -0.454 e. The maximum Gasteiger partial charge on any atom is 0.263 e. The van der Waals surface area contributed by atoms with Gasteiger partial charge in [0.25, 0.3) is 15.9 Å². The van der Waals surface area contributed by atoms with Crippen LogP contribution in [0.4, 0.5) is 11.4 Å². The maximum absolute atomic E-state index is 12.6. The molecule has 0 saturated carbocycles. The highest BCUT2D eigenvalue weighted by atomic mass is 32.2. The van der Waals surface area contributed by atoms with E-state index in [0.717, 1.165) is 5.56 Å². The molecule has 2 aromatic carbocycles. The zero-order valence-corrected chi connectivity index (χ0v) is 15.1. The average Bonchev–Trinajstić information content (AvgIpc) is 2.78. The van der Waals surface area contributed by atoms with Crippen LogP contribution >= 0.6 is 0 Å². The molecular weight excluding hydrogens is 366 g/mol. The van der Waals surface area contributed by atoms with Crippen molar-refractivity contribution in [2.24, 2.45) is 0 Å². The van der Waals surface area contributed by atoms with Gasteiger partial charge in [0, 0.05) is 18.1 Å². The van der Waals surface area contributed by atoms with E-state index in [2.05, 4.69) is 15.0 Å². The number of carbonyl (C=O) groups excluding carboxylic acids is 1. The molecule has 0 aliphatic carbocycles. The third-order valence-corrected chi connectivity index (χ3v) is 5.39. The molecule has 0 saturated heterocycles. The SMILES string of the molecule is Cc1ccc2c(c1)NC(=O)c1cc(NS(=O)(=O)c3cccnc3)ccc1O2. The number of aromatic nitrogens is 1. The van der Waals surface area contributed by atoms with Crippen molar-refractivity contribution in [3.8, 4) is 11.5 Å². The third-order valence-electron chi connectivity index (χ3n) is 4.02. The van der Waals surface area contributed by atoms with Crippen molar-refractivity contribution in [3.63, 3.8) is 0 Å². The van der Waals surface area contributed by atoms with Crippen molar-refractivity contribution in [2.45, 2.75) is 11.8 Å². The number of fused-ring (bicyclic) bond motifs is 2. The maximum atomic E-state index is 12.6. The van der Waals surface area contributed by atoms with E-state index in [1.807, 2.05) is 19.1 Å². The summed E-state index contributed by atoms with van der Waals surface area (Å²) in [7, 11) is -3.81. The van der Waals surface area contributed by atoms with E-state index in [1.165, 1.54) is 30.6 Å². The third kappa shape index (κ3) is 3.34. The second kappa shape index (κ2) is 6.40. The molecule has 2 N–H and O–H groups in total. The van der Waals surface area contributed by atoms with Crippen LogP contribution in [0.2, 0.25) is 0 Å². The molecular formula is C19H15N3O4S. The fourth-order valence-corrected chi connectivity index (χ4v) is 3.73. The number of pyridine rings is 1. The van der Waals surface area contributed by atoms with E-state index in [9.17, 15) is 13.2 Å². The van der Waals surface area contributed by atoms with Gasteiger partial charge in [0.05, 0.1) is 11.3 Å². The summed E-state index contributed by atoms with van der Waals surface area (Å²) in [4.78, 5) is 16.4. The molecule has 27 heavy (non-hydrogen) atoms. The summed E-state index contributed by atoms with van der Waals surface area (Å²) in [5.41, 5.74) is 2.02. The normalized spacial score (nSPS) is 12.9. The number of anilines is 2. The molecule has 1 amide bonds. The zero-order valence-electron chi connectivity index (χ0n) is 14.3. The first-order chi connectivity index (χ1) is 12.9. The summed E-state index contributed by atoms with van der Waals surface area (Å²) in [6, 6.07) is 13.0. The van der Waals surface area contributed by atoms with Gasteiger partial charge < -0.3 is 10.1 Å². The summed E-state index contributed by atoms with van der Waals surface area (Å²) in [6.07, 6.45) is 2.74. The number of aryl methyl sites for hydroxylation is 1. The lowest BCUT2D eigenvalue weighted by molar-refractivity contribution is 0.102. The van der Waals surface area contributed by atoms with Gasteiger partial charge >= 0.3 is 0 Å². The van der Waals surface area contributed by atoms with E-state index in [-0.39, 0.29) is 22.1 Å². The molecule has 1 aliphatic rings. The monoisotopic (exact) mass is 381 g/mol. The topological polar surface area (TPSA) is 97.4 Å². The molecule has 0 radical (unpaired) electrons. The largest absolute Gasteiger partial charge is 0.454 e. The molecule has 1 aromatic heterocycles.